The topological polar surface area (TPSA) is 62.3 Å². The SMILES string of the molecule is Cc1ccn(Cc2cc3c(cc2N)OCCO3)n1. The van der Waals surface area contributed by atoms with E-state index in [1.807, 2.05) is 36.0 Å². The first-order valence-corrected chi connectivity index (χ1v) is 5.90. The van der Waals surface area contributed by atoms with E-state index in [-0.39, 0.29) is 0 Å². The normalized spacial score (nSPS) is 13.6. The molecule has 94 valence electrons. The lowest BCUT2D eigenvalue weighted by Crippen LogP contribution is -2.16. The summed E-state index contributed by atoms with van der Waals surface area (Å²) in [6.07, 6.45) is 1.94. The number of nitrogen functional groups attached to an aromatic ring is 1. The number of hydrogen-bond donors (Lipinski definition) is 1. The average Bonchev–Trinajstić information content (AvgIpc) is 2.76. The van der Waals surface area contributed by atoms with E-state index in [2.05, 4.69) is 5.10 Å². The smallest absolute Gasteiger partial charge is 0.163 e. The zero-order valence-corrected chi connectivity index (χ0v) is 10.2. The van der Waals surface area contributed by atoms with Crippen molar-refractivity contribution in [1.82, 2.24) is 9.78 Å². The van der Waals surface area contributed by atoms with Gasteiger partial charge in [-0.3, -0.25) is 4.68 Å². The zero-order chi connectivity index (χ0) is 12.5. The minimum atomic E-state index is 0.574. The standard InChI is InChI=1S/C13H15N3O2/c1-9-2-3-16(15-9)8-10-6-12-13(7-11(10)14)18-5-4-17-12/h2-3,6-7H,4-5,8,14H2,1H3. The van der Waals surface area contributed by atoms with Gasteiger partial charge in [-0.25, -0.2) is 0 Å². The predicted octanol–water partition coefficient (Wildman–Crippen LogP) is 1.59. The summed E-state index contributed by atoms with van der Waals surface area (Å²) in [4.78, 5) is 0. The third-order valence-corrected chi connectivity index (χ3v) is 2.91. The summed E-state index contributed by atoms with van der Waals surface area (Å²) < 4.78 is 12.9. The van der Waals surface area contributed by atoms with Gasteiger partial charge in [0.2, 0.25) is 0 Å². The first kappa shape index (κ1) is 11.0. The van der Waals surface area contributed by atoms with Gasteiger partial charge in [0, 0.05) is 23.5 Å². The number of aromatic nitrogens is 2. The molecule has 5 nitrogen and oxygen atoms in total. The summed E-state index contributed by atoms with van der Waals surface area (Å²) in [5.74, 6) is 1.48. The Bertz CT molecular complexity index is 578. The molecule has 0 bridgehead atoms. The molecule has 0 saturated carbocycles. The van der Waals surface area contributed by atoms with E-state index >= 15 is 0 Å². The number of rotatable bonds is 2. The second-order valence-corrected chi connectivity index (χ2v) is 4.35. The van der Waals surface area contributed by atoms with Crippen LogP contribution in [0.3, 0.4) is 0 Å². The Balaban J connectivity index is 1.92. The van der Waals surface area contributed by atoms with Crippen LogP contribution in [0.2, 0.25) is 0 Å². The molecule has 5 heteroatoms. The van der Waals surface area contributed by atoms with Crippen LogP contribution in [-0.4, -0.2) is 23.0 Å². The highest BCUT2D eigenvalue weighted by atomic mass is 16.6. The van der Waals surface area contributed by atoms with E-state index in [4.69, 9.17) is 15.2 Å². The minimum Gasteiger partial charge on any atom is -0.486 e. The molecule has 0 fully saturated rings. The van der Waals surface area contributed by atoms with Gasteiger partial charge in [-0.2, -0.15) is 5.10 Å². The molecule has 0 unspecified atom stereocenters. The van der Waals surface area contributed by atoms with Gasteiger partial charge in [0.15, 0.2) is 11.5 Å². The molecule has 1 aromatic heterocycles. The Morgan fingerprint density at radius 2 is 2.00 bits per heavy atom. The fraction of sp³-hybridized carbons (Fsp3) is 0.308. The van der Waals surface area contributed by atoms with Gasteiger partial charge in [-0.1, -0.05) is 0 Å². The van der Waals surface area contributed by atoms with Crippen LogP contribution >= 0.6 is 0 Å². The van der Waals surface area contributed by atoms with Gasteiger partial charge in [0.05, 0.1) is 12.2 Å². The lowest BCUT2D eigenvalue weighted by atomic mass is 10.1. The van der Waals surface area contributed by atoms with Crippen LogP contribution in [0.25, 0.3) is 0 Å². The molecule has 1 aromatic carbocycles. The Morgan fingerprint density at radius 3 is 2.67 bits per heavy atom. The van der Waals surface area contributed by atoms with Crippen molar-refractivity contribution in [2.75, 3.05) is 18.9 Å². The quantitative estimate of drug-likeness (QED) is 0.816. The molecule has 3 rings (SSSR count). The van der Waals surface area contributed by atoms with Crippen LogP contribution in [0.1, 0.15) is 11.3 Å². The highest BCUT2D eigenvalue weighted by Crippen LogP contribution is 2.34. The highest BCUT2D eigenvalue weighted by Gasteiger charge is 2.14. The lowest BCUT2D eigenvalue weighted by molar-refractivity contribution is 0.171. The number of nitrogens with two attached hydrogens (primary N) is 1. The summed E-state index contributed by atoms with van der Waals surface area (Å²) in [6, 6.07) is 5.72. The Labute approximate surface area is 105 Å². The Morgan fingerprint density at radius 1 is 1.28 bits per heavy atom. The van der Waals surface area contributed by atoms with Crippen molar-refractivity contribution in [3.8, 4) is 11.5 Å². The minimum absolute atomic E-state index is 0.574. The van der Waals surface area contributed by atoms with Crippen molar-refractivity contribution in [3.63, 3.8) is 0 Å². The summed E-state index contributed by atoms with van der Waals surface area (Å²) in [5, 5.41) is 4.35. The van der Waals surface area contributed by atoms with E-state index in [0.29, 0.717) is 25.4 Å². The second kappa shape index (κ2) is 4.25. The summed E-state index contributed by atoms with van der Waals surface area (Å²) in [7, 11) is 0. The molecule has 2 aromatic rings. The molecule has 0 aliphatic carbocycles. The van der Waals surface area contributed by atoms with Crippen molar-refractivity contribution in [2.24, 2.45) is 0 Å². The molecule has 2 N–H and O–H groups in total. The number of aryl methyl sites for hydroxylation is 1. The van der Waals surface area contributed by atoms with Crippen molar-refractivity contribution in [3.05, 3.63) is 35.7 Å². The van der Waals surface area contributed by atoms with E-state index in [1.165, 1.54) is 0 Å². The number of nitrogens with zero attached hydrogens (tertiary/aromatic N) is 2. The lowest BCUT2D eigenvalue weighted by Gasteiger charge is -2.20. The maximum Gasteiger partial charge on any atom is 0.163 e. The van der Waals surface area contributed by atoms with E-state index in [1.54, 1.807) is 0 Å². The zero-order valence-electron chi connectivity index (χ0n) is 10.2. The first-order chi connectivity index (χ1) is 8.72. The average molecular weight is 245 g/mol. The molecule has 1 aliphatic rings. The van der Waals surface area contributed by atoms with Crippen LogP contribution < -0.4 is 15.2 Å². The number of ether oxygens (including phenoxy) is 2. The molecule has 0 amide bonds. The van der Waals surface area contributed by atoms with Crippen molar-refractivity contribution in [1.29, 1.82) is 0 Å². The number of hydrogen-bond acceptors (Lipinski definition) is 4. The fourth-order valence-corrected chi connectivity index (χ4v) is 2.01. The van der Waals surface area contributed by atoms with Gasteiger partial charge in [-0.15, -0.1) is 0 Å². The number of fused-ring (bicyclic) bond motifs is 1. The number of anilines is 1. The third-order valence-electron chi connectivity index (χ3n) is 2.91. The van der Waals surface area contributed by atoms with Crippen LogP contribution in [0.5, 0.6) is 11.5 Å². The van der Waals surface area contributed by atoms with Gasteiger partial charge < -0.3 is 15.2 Å². The monoisotopic (exact) mass is 245 g/mol. The van der Waals surface area contributed by atoms with Crippen LogP contribution in [0.15, 0.2) is 24.4 Å². The van der Waals surface area contributed by atoms with E-state index < -0.39 is 0 Å². The largest absolute Gasteiger partial charge is 0.486 e. The summed E-state index contributed by atoms with van der Waals surface area (Å²) >= 11 is 0. The van der Waals surface area contributed by atoms with Crippen LogP contribution in [-0.2, 0) is 6.54 Å². The van der Waals surface area contributed by atoms with Gasteiger partial charge >= 0.3 is 0 Å². The molecule has 0 spiro atoms. The predicted molar refractivity (Wildman–Crippen MR) is 67.9 cm³/mol. The summed E-state index contributed by atoms with van der Waals surface area (Å²) in [6.45, 7) is 3.75. The molecule has 2 heterocycles. The van der Waals surface area contributed by atoms with Crippen molar-refractivity contribution in [2.45, 2.75) is 13.5 Å². The summed E-state index contributed by atoms with van der Waals surface area (Å²) in [5.41, 5.74) is 8.70. The maximum absolute atomic E-state index is 6.02. The molecular weight excluding hydrogens is 230 g/mol. The van der Waals surface area contributed by atoms with Gasteiger partial charge in [-0.05, 0) is 19.1 Å². The molecule has 0 saturated heterocycles. The Hall–Kier alpha value is -2.17. The molecule has 0 atom stereocenters. The van der Waals surface area contributed by atoms with E-state index in [9.17, 15) is 0 Å². The maximum atomic E-state index is 6.02. The highest BCUT2D eigenvalue weighted by molar-refractivity contribution is 5.58. The molecular formula is C13H15N3O2. The molecule has 1 aliphatic heterocycles. The number of benzene rings is 1. The first-order valence-electron chi connectivity index (χ1n) is 5.90. The Kier molecular flexibility index (Phi) is 2.59. The van der Waals surface area contributed by atoms with Crippen molar-refractivity contribution >= 4 is 5.69 Å². The van der Waals surface area contributed by atoms with Crippen LogP contribution in [0, 0.1) is 6.92 Å². The second-order valence-electron chi connectivity index (χ2n) is 4.35. The third kappa shape index (κ3) is 1.99. The van der Waals surface area contributed by atoms with Gasteiger partial charge in [0.25, 0.3) is 0 Å². The van der Waals surface area contributed by atoms with E-state index in [0.717, 1.165) is 22.8 Å². The van der Waals surface area contributed by atoms with Crippen LogP contribution in [0.4, 0.5) is 5.69 Å². The van der Waals surface area contributed by atoms with Crippen molar-refractivity contribution < 1.29 is 9.47 Å². The molecule has 0 radical (unpaired) electrons. The van der Waals surface area contributed by atoms with Gasteiger partial charge in [0.1, 0.15) is 13.2 Å². The fourth-order valence-electron chi connectivity index (χ4n) is 2.01. The molecule has 18 heavy (non-hydrogen) atoms.